The van der Waals surface area contributed by atoms with Gasteiger partial charge in [-0.15, -0.1) is 0 Å². The number of carbonyl (C=O) groups is 4. The van der Waals surface area contributed by atoms with Crippen LogP contribution < -0.4 is 4.31 Å². The van der Waals surface area contributed by atoms with Crippen molar-refractivity contribution in [2.75, 3.05) is 4.31 Å². The van der Waals surface area contributed by atoms with Crippen LogP contribution in [0.3, 0.4) is 0 Å². The number of ketones is 1. The lowest BCUT2D eigenvalue weighted by Crippen LogP contribution is -2.37. The monoisotopic (exact) mass is 687 g/mol. The van der Waals surface area contributed by atoms with Gasteiger partial charge in [-0.2, -0.15) is 9.40 Å². The van der Waals surface area contributed by atoms with Crippen LogP contribution in [0.15, 0.2) is 78.1 Å². The minimum atomic E-state index is -5.09. The third-order valence-corrected chi connectivity index (χ3v) is 9.64. The second kappa shape index (κ2) is 11.9. The highest BCUT2D eigenvalue weighted by Crippen LogP contribution is 2.35. The topological polar surface area (TPSA) is 141 Å². The summed E-state index contributed by atoms with van der Waals surface area (Å²) in [7, 11) is -5.09. The second-order valence-electron chi connectivity index (χ2n) is 11.2. The van der Waals surface area contributed by atoms with E-state index in [0.29, 0.717) is 39.7 Å². The zero-order valence-electron chi connectivity index (χ0n) is 26.2. The van der Waals surface area contributed by atoms with Gasteiger partial charge in [-0.05, 0) is 60.5 Å². The third-order valence-electron chi connectivity index (χ3n) is 7.83. The zero-order chi connectivity index (χ0) is 35.5. The maximum atomic E-state index is 16.3. The predicted molar refractivity (Wildman–Crippen MR) is 172 cm³/mol. The van der Waals surface area contributed by atoms with Gasteiger partial charge in [0.15, 0.2) is 5.82 Å². The van der Waals surface area contributed by atoms with Gasteiger partial charge in [0.25, 0.3) is 10.0 Å². The Balaban J connectivity index is 1.51. The molecule has 1 amide bonds. The summed E-state index contributed by atoms with van der Waals surface area (Å²) in [5.41, 5.74) is -0.748. The van der Waals surface area contributed by atoms with Crippen molar-refractivity contribution in [3.05, 3.63) is 107 Å². The second-order valence-corrected chi connectivity index (χ2v) is 12.9. The SMILES string of the molecule is CC(=O)N(c1ccc(F)c(C(=O)c2cn(C(C)=O)c3ncc(-c4ccc5c(cnn5C(C)=O)c4)cc23)c1F)S(=O)(=O)c1cc(C)ccc1F. The number of aryl methyl sites for hydroxylation is 1. The number of hydrogen-bond acceptors (Lipinski definition) is 8. The van der Waals surface area contributed by atoms with E-state index >= 15 is 8.78 Å². The Hall–Kier alpha value is -5.96. The summed E-state index contributed by atoms with van der Waals surface area (Å²) in [4.78, 5) is 54.5. The molecule has 49 heavy (non-hydrogen) atoms. The Labute approximate surface area is 276 Å². The molecular formula is C34H24F3N5O6S. The van der Waals surface area contributed by atoms with E-state index < -0.39 is 61.2 Å². The van der Waals surface area contributed by atoms with E-state index in [9.17, 15) is 32.0 Å². The van der Waals surface area contributed by atoms with E-state index in [1.807, 2.05) is 0 Å². The van der Waals surface area contributed by atoms with Crippen molar-refractivity contribution in [2.45, 2.75) is 32.6 Å². The minimum absolute atomic E-state index is 0.00934. The molecule has 0 aliphatic rings. The molecule has 0 bridgehead atoms. The molecule has 0 saturated heterocycles. The lowest BCUT2D eigenvalue weighted by Gasteiger charge is -2.23. The maximum absolute atomic E-state index is 16.3. The molecule has 0 N–H and O–H groups in total. The summed E-state index contributed by atoms with van der Waals surface area (Å²) < 4.78 is 75.6. The highest BCUT2D eigenvalue weighted by Gasteiger charge is 2.36. The van der Waals surface area contributed by atoms with Gasteiger partial charge >= 0.3 is 0 Å². The highest BCUT2D eigenvalue weighted by atomic mass is 32.2. The van der Waals surface area contributed by atoms with Crippen LogP contribution in [0.25, 0.3) is 33.1 Å². The van der Waals surface area contributed by atoms with Gasteiger partial charge in [0.2, 0.25) is 23.5 Å². The van der Waals surface area contributed by atoms with Crippen LogP contribution in [0.2, 0.25) is 0 Å². The van der Waals surface area contributed by atoms with Crippen LogP contribution in [-0.2, 0) is 14.8 Å². The lowest BCUT2D eigenvalue weighted by atomic mass is 9.99. The molecule has 3 aromatic carbocycles. The Morgan fingerprint density at radius 1 is 0.816 bits per heavy atom. The molecule has 0 unspecified atom stereocenters. The number of aromatic nitrogens is 4. The molecule has 248 valence electrons. The number of halogens is 3. The number of anilines is 1. The van der Waals surface area contributed by atoms with Crippen molar-refractivity contribution in [1.29, 1.82) is 0 Å². The fourth-order valence-corrected chi connectivity index (χ4v) is 7.15. The summed E-state index contributed by atoms with van der Waals surface area (Å²) in [6, 6.07) is 10.9. The standard InChI is InChI=1S/C34H24F3N5O6S/c1-17-5-7-26(35)30(11-17)49(47,48)42(20(4)45)29-10-8-27(36)31(32(29)37)33(46)25-16-40(18(2)43)34-24(25)13-22(14-38-34)21-6-9-28-23(12-21)15-39-41(28)19(3)44/h5-16H,1-4H3. The molecule has 0 radical (unpaired) electrons. The zero-order valence-corrected chi connectivity index (χ0v) is 27.0. The average molecular weight is 688 g/mol. The molecule has 6 aromatic rings. The number of nitrogens with zero attached hydrogens (tertiary/aromatic N) is 5. The van der Waals surface area contributed by atoms with Crippen LogP contribution in [0.5, 0.6) is 0 Å². The fraction of sp³-hybridized carbons (Fsp3) is 0.118. The minimum Gasteiger partial charge on any atom is -0.288 e. The first-order valence-corrected chi connectivity index (χ1v) is 15.9. The Kier molecular flexibility index (Phi) is 8.02. The van der Waals surface area contributed by atoms with Crippen molar-refractivity contribution in [2.24, 2.45) is 0 Å². The van der Waals surface area contributed by atoms with E-state index in [-0.39, 0.29) is 26.8 Å². The van der Waals surface area contributed by atoms with E-state index in [0.717, 1.165) is 29.8 Å². The summed E-state index contributed by atoms with van der Waals surface area (Å²) in [5, 5.41) is 4.71. The smallest absolute Gasteiger partial charge is 0.273 e. The number of carbonyl (C=O) groups excluding carboxylic acids is 4. The molecular weight excluding hydrogens is 663 g/mol. The molecule has 11 nitrogen and oxygen atoms in total. The number of fused-ring (bicyclic) bond motifs is 2. The highest BCUT2D eigenvalue weighted by molar-refractivity contribution is 7.93. The molecule has 0 atom stereocenters. The normalized spacial score (nSPS) is 11.7. The van der Waals surface area contributed by atoms with Gasteiger partial charge in [-0.3, -0.25) is 23.7 Å². The number of sulfonamides is 1. The van der Waals surface area contributed by atoms with Gasteiger partial charge in [-0.25, -0.2) is 31.3 Å². The molecule has 0 spiro atoms. The summed E-state index contributed by atoms with van der Waals surface area (Å²) in [6.07, 6.45) is 3.97. The first kappa shape index (κ1) is 33.0. The number of benzene rings is 3. The molecule has 3 heterocycles. The quantitative estimate of drug-likeness (QED) is 0.192. The largest absolute Gasteiger partial charge is 0.288 e. The van der Waals surface area contributed by atoms with Crippen molar-refractivity contribution < 1.29 is 40.8 Å². The number of pyridine rings is 1. The van der Waals surface area contributed by atoms with Crippen LogP contribution in [-0.4, -0.2) is 51.3 Å². The summed E-state index contributed by atoms with van der Waals surface area (Å²) in [5.74, 6) is -7.75. The molecule has 6 rings (SSSR count). The van der Waals surface area contributed by atoms with Crippen LogP contribution in [0.4, 0.5) is 18.9 Å². The van der Waals surface area contributed by atoms with Crippen LogP contribution >= 0.6 is 0 Å². The van der Waals surface area contributed by atoms with Gasteiger partial charge in [-0.1, -0.05) is 12.1 Å². The van der Waals surface area contributed by atoms with Gasteiger partial charge in [0.05, 0.1) is 28.5 Å². The number of amides is 1. The van der Waals surface area contributed by atoms with Gasteiger partial charge in [0.1, 0.15) is 22.2 Å². The Morgan fingerprint density at radius 3 is 2.20 bits per heavy atom. The van der Waals surface area contributed by atoms with E-state index in [1.165, 1.54) is 50.0 Å². The first-order chi connectivity index (χ1) is 23.1. The average Bonchev–Trinajstić information content (AvgIpc) is 3.65. The Bertz CT molecular complexity index is 2540. The van der Waals surface area contributed by atoms with Crippen LogP contribution in [0.1, 0.15) is 51.8 Å². The molecule has 0 saturated carbocycles. The van der Waals surface area contributed by atoms with Crippen molar-refractivity contribution >= 4 is 61.2 Å². The summed E-state index contributed by atoms with van der Waals surface area (Å²) >= 11 is 0. The van der Waals surface area contributed by atoms with Crippen molar-refractivity contribution in [3.8, 4) is 11.1 Å². The maximum Gasteiger partial charge on any atom is 0.273 e. The Morgan fingerprint density at radius 2 is 1.53 bits per heavy atom. The number of rotatable bonds is 6. The molecule has 15 heteroatoms. The van der Waals surface area contributed by atoms with Gasteiger partial charge < -0.3 is 0 Å². The van der Waals surface area contributed by atoms with Crippen molar-refractivity contribution in [1.82, 2.24) is 19.3 Å². The fourth-order valence-electron chi connectivity index (χ4n) is 5.57. The lowest BCUT2D eigenvalue weighted by molar-refractivity contribution is -0.115. The summed E-state index contributed by atoms with van der Waals surface area (Å²) in [6.45, 7) is 4.81. The van der Waals surface area contributed by atoms with Crippen molar-refractivity contribution in [3.63, 3.8) is 0 Å². The predicted octanol–water partition coefficient (Wildman–Crippen LogP) is 6.07. The molecule has 0 aliphatic heterocycles. The molecule has 0 fully saturated rings. The first-order valence-electron chi connectivity index (χ1n) is 14.5. The van der Waals surface area contributed by atoms with Gasteiger partial charge in [0, 0.05) is 49.5 Å². The van der Waals surface area contributed by atoms with Crippen LogP contribution in [0, 0.1) is 24.4 Å². The van der Waals surface area contributed by atoms with E-state index in [4.69, 9.17) is 0 Å². The molecule has 3 aromatic heterocycles. The molecule has 0 aliphatic carbocycles. The van der Waals surface area contributed by atoms with E-state index in [1.54, 1.807) is 18.2 Å². The van der Waals surface area contributed by atoms with E-state index in [2.05, 4.69) is 10.1 Å². The number of hydrogen-bond donors (Lipinski definition) is 0. The third kappa shape index (κ3) is 5.47.